The predicted octanol–water partition coefficient (Wildman–Crippen LogP) is 3.72. The maximum absolute atomic E-state index is 12.1. The van der Waals surface area contributed by atoms with Gasteiger partial charge in [0.05, 0.1) is 7.11 Å². The number of esters is 1. The number of amides is 1. The molecule has 0 aliphatic rings. The molecule has 0 heterocycles. The first-order valence-corrected chi connectivity index (χ1v) is 9.33. The standard InChI is InChI=1S/C19H20ClNO4S/c1-13-3-8-17(24-2)16(11-13)19(23)25-12-18(22)21-9-10-26-15-6-4-14(20)5-7-15/h3-8,11H,9-10,12H2,1-2H3,(H,21,22). The monoisotopic (exact) mass is 393 g/mol. The number of aryl methyl sites for hydroxylation is 1. The third-order valence-electron chi connectivity index (χ3n) is 3.42. The molecule has 0 bridgehead atoms. The molecule has 2 rings (SSSR count). The Bertz CT molecular complexity index is 765. The highest BCUT2D eigenvalue weighted by atomic mass is 35.5. The van der Waals surface area contributed by atoms with Gasteiger partial charge in [-0.2, -0.15) is 0 Å². The Hall–Kier alpha value is -2.18. The van der Waals surface area contributed by atoms with Crippen LogP contribution in [-0.4, -0.2) is 37.9 Å². The zero-order chi connectivity index (χ0) is 18.9. The molecule has 0 fully saturated rings. The van der Waals surface area contributed by atoms with Crippen molar-refractivity contribution < 1.29 is 19.1 Å². The summed E-state index contributed by atoms with van der Waals surface area (Å²) < 4.78 is 10.2. The van der Waals surface area contributed by atoms with Crippen molar-refractivity contribution in [2.24, 2.45) is 0 Å². The van der Waals surface area contributed by atoms with Gasteiger partial charge in [-0.1, -0.05) is 23.2 Å². The molecule has 0 aromatic heterocycles. The minimum Gasteiger partial charge on any atom is -0.496 e. The molecule has 0 radical (unpaired) electrons. The molecule has 0 spiro atoms. The van der Waals surface area contributed by atoms with Crippen LogP contribution < -0.4 is 10.1 Å². The number of methoxy groups -OCH3 is 1. The molecule has 1 amide bonds. The lowest BCUT2D eigenvalue weighted by Crippen LogP contribution is -2.30. The molecule has 138 valence electrons. The number of carbonyl (C=O) groups excluding carboxylic acids is 2. The van der Waals surface area contributed by atoms with Gasteiger partial charge in [0.2, 0.25) is 0 Å². The Morgan fingerprint density at radius 1 is 1.15 bits per heavy atom. The van der Waals surface area contributed by atoms with Crippen LogP contribution in [0, 0.1) is 6.92 Å². The summed E-state index contributed by atoms with van der Waals surface area (Å²) in [6.07, 6.45) is 0. The summed E-state index contributed by atoms with van der Waals surface area (Å²) >= 11 is 7.43. The summed E-state index contributed by atoms with van der Waals surface area (Å²) in [4.78, 5) is 25.0. The lowest BCUT2D eigenvalue weighted by atomic mass is 10.1. The predicted molar refractivity (Wildman–Crippen MR) is 103 cm³/mol. The van der Waals surface area contributed by atoms with Crippen molar-refractivity contribution in [2.75, 3.05) is 26.0 Å². The van der Waals surface area contributed by atoms with Crippen LogP contribution in [0.15, 0.2) is 47.4 Å². The van der Waals surface area contributed by atoms with Crippen LogP contribution in [0.5, 0.6) is 5.75 Å². The topological polar surface area (TPSA) is 64.6 Å². The van der Waals surface area contributed by atoms with E-state index >= 15 is 0 Å². The van der Waals surface area contributed by atoms with Crippen molar-refractivity contribution in [3.8, 4) is 5.75 Å². The first-order chi connectivity index (χ1) is 12.5. The van der Waals surface area contributed by atoms with Gasteiger partial charge in [-0.05, 0) is 43.3 Å². The smallest absolute Gasteiger partial charge is 0.342 e. The van der Waals surface area contributed by atoms with Gasteiger partial charge in [0.15, 0.2) is 6.61 Å². The molecule has 2 aromatic rings. The number of nitrogens with one attached hydrogen (secondary N) is 1. The van der Waals surface area contributed by atoms with E-state index in [1.54, 1.807) is 23.9 Å². The van der Waals surface area contributed by atoms with Crippen molar-refractivity contribution in [1.29, 1.82) is 0 Å². The summed E-state index contributed by atoms with van der Waals surface area (Å²) in [5, 5.41) is 3.41. The van der Waals surface area contributed by atoms with E-state index in [-0.39, 0.29) is 12.5 Å². The summed E-state index contributed by atoms with van der Waals surface area (Å²) in [5.41, 5.74) is 1.21. The maximum atomic E-state index is 12.1. The molecular weight excluding hydrogens is 374 g/mol. The maximum Gasteiger partial charge on any atom is 0.342 e. The SMILES string of the molecule is COc1ccc(C)cc1C(=O)OCC(=O)NCCSc1ccc(Cl)cc1. The Balaban J connectivity index is 1.72. The quantitative estimate of drug-likeness (QED) is 0.420. The van der Waals surface area contributed by atoms with Gasteiger partial charge in [-0.3, -0.25) is 4.79 Å². The summed E-state index contributed by atoms with van der Waals surface area (Å²) in [6.45, 7) is 2.00. The van der Waals surface area contributed by atoms with Crippen molar-refractivity contribution in [1.82, 2.24) is 5.32 Å². The Kier molecular flexibility index (Phi) is 7.81. The fourth-order valence-corrected chi connectivity index (χ4v) is 3.03. The fraction of sp³-hybridized carbons (Fsp3) is 0.263. The highest BCUT2D eigenvalue weighted by molar-refractivity contribution is 7.99. The second-order valence-corrected chi connectivity index (χ2v) is 7.04. The average molecular weight is 394 g/mol. The van der Waals surface area contributed by atoms with E-state index in [0.717, 1.165) is 10.5 Å². The number of benzene rings is 2. The molecule has 26 heavy (non-hydrogen) atoms. The van der Waals surface area contributed by atoms with Gasteiger partial charge in [0.1, 0.15) is 11.3 Å². The average Bonchev–Trinajstić information content (AvgIpc) is 2.64. The molecule has 7 heteroatoms. The van der Waals surface area contributed by atoms with E-state index in [9.17, 15) is 9.59 Å². The van der Waals surface area contributed by atoms with Crippen molar-refractivity contribution in [3.63, 3.8) is 0 Å². The van der Waals surface area contributed by atoms with Gasteiger partial charge < -0.3 is 14.8 Å². The lowest BCUT2D eigenvalue weighted by Gasteiger charge is -2.10. The molecule has 5 nitrogen and oxygen atoms in total. The molecule has 0 unspecified atom stereocenters. The van der Waals surface area contributed by atoms with E-state index in [0.29, 0.717) is 28.6 Å². The molecular formula is C19H20ClNO4S. The Labute approximate surface area is 162 Å². The Morgan fingerprint density at radius 3 is 2.58 bits per heavy atom. The Morgan fingerprint density at radius 2 is 1.88 bits per heavy atom. The second-order valence-electron chi connectivity index (χ2n) is 5.43. The van der Waals surface area contributed by atoms with Crippen LogP contribution in [-0.2, 0) is 9.53 Å². The van der Waals surface area contributed by atoms with Gasteiger partial charge in [0, 0.05) is 22.2 Å². The zero-order valence-electron chi connectivity index (χ0n) is 14.6. The molecule has 0 saturated carbocycles. The number of hydrogen-bond donors (Lipinski definition) is 1. The van der Waals surface area contributed by atoms with Crippen LogP contribution >= 0.6 is 23.4 Å². The number of hydrogen-bond acceptors (Lipinski definition) is 5. The van der Waals surface area contributed by atoms with Crippen LogP contribution in [0.1, 0.15) is 15.9 Å². The third kappa shape index (κ3) is 6.28. The summed E-state index contributed by atoms with van der Waals surface area (Å²) in [5.74, 6) is 0.186. The first kappa shape index (κ1) is 20.1. The lowest BCUT2D eigenvalue weighted by molar-refractivity contribution is -0.124. The zero-order valence-corrected chi connectivity index (χ0v) is 16.2. The minimum atomic E-state index is -0.587. The van der Waals surface area contributed by atoms with Crippen LogP contribution in [0.4, 0.5) is 0 Å². The molecule has 0 aliphatic heterocycles. The molecule has 2 aromatic carbocycles. The summed E-state index contributed by atoms with van der Waals surface area (Å²) in [7, 11) is 1.48. The highest BCUT2D eigenvalue weighted by Gasteiger charge is 2.15. The largest absolute Gasteiger partial charge is 0.496 e. The van der Waals surface area contributed by atoms with Crippen LogP contribution in [0.3, 0.4) is 0 Å². The van der Waals surface area contributed by atoms with Crippen molar-refractivity contribution >= 4 is 35.2 Å². The van der Waals surface area contributed by atoms with E-state index in [4.69, 9.17) is 21.1 Å². The number of halogens is 1. The molecule has 0 atom stereocenters. The second kappa shape index (κ2) is 10.1. The fourth-order valence-electron chi connectivity index (χ4n) is 2.13. The van der Waals surface area contributed by atoms with E-state index in [1.165, 1.54) is 7.11 Å². The molecule has 0 aliphatic carbocycles. The van der Waals surface area contributed by atoms with Crippen LogP contribution in [0.2, 0.25) is 5.02 Å². The van der Waals surface area contributed by atoms with Gasteiger partial charge in [-0.15, -0.1) is 11.8 Å². The number of carbonyl (C=O) groups is 2. The minimum absolute atomic E-state index is 0.304. The van der Waals surface area contributed by atoms with Crippen LogP contribution in [0.25, 0.3) is 0 Å². The highest BCUT2D eigenvalue weighted by Crippen LogP contribution is 2.21. The normalized spacial score (nSPS) is 10.3. The summed E-state index contributed by atoms with van der Waals surface area (Å²) in [6, 6.07) is 12.7. The first-order valence-electron chi connectivity index (χ1n) is 7.96. The van der Waals surface area contributed by atoms with Gasteiger partial charge in [0.25, 0.3) is 5.91 Å². The number of rotatable bonds is 8. The van der Waals surface area contributed by atoms with E-state index in [1.807, 2.05) is 37.3 Å². The van der Waals surface area contributed by atoms with Crippen molar-refractivity contribution in [2.45, 2.75) is 11.8 Å². The van der Waals surface area contributed by atoms with Gasteiger partial charge >= 0.3 is 5.97 Å². The van der Waals surface area contributed by atoms with Gasteiger partial charge in [-0.25, -0.2) is 4.79 Å². The van der Waals surface area contributed by atoms with Crippen molar-refractivity contribution in [3.05, 3.63) is 58.6 Å². The molecule has 0 saturated heterocycles. The number of ether oxygens (including phenoxy) is 2. The number of thioether (sulfide) groups is 1. The van der Waals surface area contributed by atoms with E-state index < -0.39 is 5.97 Å². The third-order valence-corrected chi connectivity index (χ3v) is 4.68. The molecule has 1 N–H and O–H groups in total. The van der Waals surface area contributed by atoms with E-state index in [2.05, 4.69) is 5.32 Å².